The molecule has 1 unspecified atom stereocenters. The van der Waals surface area contributed by atoms with Gasteiger partial charge in [-0.2, -0.15) is 0 Å². The maximum atomic E-state index is 12.7. The quantitative estimate of drug-likeness (QED) is 0.639. The van der Waals surface area contributed by atoms with Gasteiger partial charge in [-0.3, -0.25) is 9.59 Å². The number of carbonyl (C=O) groups is 2. The predicted molar refractivity (Wildman–Crippen MR) is 105 cm³/mol. The molecule has 1 atom stereocenters. The molecule has 0 bridgehead atoms. The predicted octanol–water partition coefficient (Wildman–Crippen LogP) is 0.998. The Bertz CT molecular complexity index is 786. The maximum absolute atomic E-state index is 12.7. The molecule has 1 heterocycles. The average Bonchev–Trinajstić information content (AvgIpc) is 2.65. The fourth-order valence-corrected chi connectivity index (χ4v) is 4.53. The van der Waals surface area contributed by atoms with E-state index in [1.807, 2.05) is 13.8 Å². The van der Waals surface area contributed by atoms with Gasteiger partial charge in [0.05, 0.1) is 0 Å². The number of carbonyl (C=O) groups excluding carboxylic acids is 2. The van der Waals surface area contributed by atoms with Gasteiger partial charge in [-0.05, 0) is 57.0 Å². The summed E-state index contributed by atoms with van der Waals surface area (Å²) in [4.78, 5) is 25.0. The smallest absolute Gasteiger partial charge is 0.251 e. The highest BCUT2D eigenvalue weighted by atomic mass is 32.2. The molecule has 3 N–H and O–H groups in total. The average molecular weight is 396 g/mol. The van der Waals surface area contributed by atoms with Crippen molar-refractivity contribution in [2.75, 3.05) is 19.3 Å². The molecule has 1 saturated heterocycles. The molecule has 7 nitrogen and oxygen atoms in total. The number of rotatable bonds is 7. The van der Waals surface area contributed by atoms with Crippen LogP contribution in [-0.4, -0.2) is 50.4 Å². The van der Waals surface area contributed by atoms with E-state index in [2.05, 4.69) is 16.0 Å². The van der Waals surface area contributed by atoms with Gasteiger partial charge in [0.15, 0.2) is 14.6 Å². The fourth-order valence-electron chi connectivity index (χ4n) is 3.17. The van der Waals surface area contributed by atoms with Crippen molar-refractivity contribution in [2.45, 2.75) is 50.4 Å². The van der Waals surface area contributed by atoms with Gasteiger partial charge in [-0.15, -0.1) is 0 Å². The van der Waals surface area contributed by atoms with Crippen molar-refractivity contribution < 1.29 is 18.0 Å². The number of benzene rings is 1. The molecular weight excluding hydrogens is 366 g/mol. The van der Waals surface area contributed by atoms with E-state index < -0.39 is 20.5 Å². The largest absolute Gasteiger partial charge is 0.351 e. The van der Waals surface area contributed by atoms with Gasteiger partial charge in [0.2, 0.25) is 5.91 Å². The molecule has 1 aromatic carbocycles. The summed E-state index contributed by atoms with van der Waals surface area (Å²) in [6.45, 7) is 5.09. The summed E-state index contributed by atoms with van der Waals surface area (Å²) in [6, 6.07) is 7.07. The van der Waals surface area contributed by atoms with E-state index >= 15 is 0 Å². The summed E-state index contributed by atoms with van der Waals surface area (Å²) in [5.41, 5.74) is 1.26. The van der Waals surface area contributed by atoms with Crippen molar-refractivity contribution in [2.24, 2.45) is 0 Å². The van der Waals surface area contributed by atoms with Crippen LogP contribution in [0, 0.1) is 0 Å². The third-order valence-electron chi connectivity index (χ3n) is 5.17. The molecule has 0 spiro atoms. The first-order valence-electron chi connectivity index (χ1n) is 9.28. The monoisotopic (exact) mass is 395 g/mol. The van der Waals surface area contributed by atoms with Crippen molar-refractivity contribution in [3.05, 3.63) is 35.4 Å². The SMILES string of the molecule is CCC(C)NC(=O)c1cccc(CNC(=O)C2(S(C)(=O)=O)CCNCC2)c1. The van der Waals surface area contributed by atoms with E-state index in [4.69, 9.17) is 0 Å². The van der Waals surface area contributed by atoms with Crippen LogP contribution in [0.3, 0.4) is 0 Å². The second-order valence-electron chi connectivity index (χ2n) is 7.18. The van der Waals surface area contributed by atoms with E-state index in [1.54, 1.807) is 24.3 Å². The van der Waals surface area contributed by atoms with Crippen LogP contribution >= 0.6 is 0 Å². The topological polar surface area (TPSA) is 104 Å². The lowest BCUT2D eigenvalue weighted by atomic mass is 9.95. The van der Waals surface area contributed by atoms with Crippen LogP contribution in [0.5, 0.6) is 0 Å². The Kier molecular flexibility index (Phi) is 7.00. The molecule has 2 amide bonds. The van der Waals surface area contributed by atoms with Crippen molar-refractivity contribution >= 4 is 21.7 Å². The van der Waals surface area contributed by atoms with Crippen LogP contribution in [0.1, 0.15) is 49.0 Å². The summed E-state index contributed by atoms with van der Waals surface area (Å²) in [7, 11) is -3.55. The van der Waals surface area contributed by atoms with Gasteiger partial charge in [0.25, 0.3) is 5.91 Å². The summed E-state index contributed by atoms with van der Waals surface area (Å²) < 4.78 is 23.2. The molecule has 0 radical (unpaired) electrons. The number of sulfone groups is 1. The Morgan fingerprint density at radius 2 is 1.93 bits per heavy atom. The number of hydrogen-bond acceptors (Lipinski definition) is 5. The molecule has 1 aromatic rings. The summed E-state index contributed by atoms with van der Waals surface area (Å²) in [6.07, 6.45) is 2.48. The normalized spacial score (nSPS) is 17.7. The maximum Gasteiger partial charge on any atom is 0.251 e. The molecule has 1 aliphatic heterocycles. The van der Waals surface area contributed by atoms with Crippen molar-refractivity contribution in [3.63, 3.8) is 0 Å². The van der Waals surface area contributed by atoms with Gasteiger partial charge in [-0.1, -0.05) is 19.1 Å². The molecule has 27 heavy (non-hydrogen) atoms. The first-order valence-corrected chi connectivity index (χ1v) is 11.2. The number of nitrogens with one attached hydrogen (secondary N) is 3. The summed E-state index contributed by atoms with van der Waals surface area (Å²) in [5, 5.41) is 8.75. The van der Waals surface area contributed by atoms with Crippen LogP contribution in [0.2, 0.25) is 0 Å². The zero-order valence-corrected chi connectivity index (χ0v) is 17.0. The fraction of sp³-hybridized carbons (Fsp3) is 0.579. The van der Waals surface area contributed by atoms with E-state index in [1.165, 1.54) is 0 Å². The van der Waals surface area contributed by atoms with Gasteiger partial charge in [0.1, 0.15) is 0 Å². The highest BCUT2D eigenvalue weighted by Gasteiger charge is 2.48. The van der Waals surface area contributed by atoms with E-state index in [-0.39, 0.29) is 31.3 Å². The number of piperidine rings is 1. The Labute approximate surface area is 161 Å². The zero-order chi connectivity index (χ0) is 20.1. The molecule has 8 heteroatoms. The minimum absolute atomic E-state index is 0.0791. The Morgan fingerprint density at radius 3 is 2.52 bits per heavy atom. The minimum atomic E-state index is -3.55. The third kappa shape index (κ3) is 5.07. The highest BCUT2D eigenvalue weighted by Crippen LogP contribution is 2.28. The number of hydrogen-bond donors (Lipinski definition) is 3. The molecule has 2 rings (SSSR count). The van der Waals surface area contributed by atoms with Crippen LogP contribution in [0.15, 0.2) is 24.3 Å². The van der Waals surface area contributed by atoms with E-state index in [0.29, 0.717) is 18.7 Å². The molecule has 1 fully saturated rings. The molecule has 0 aliphatic carbocycles. The Balaban J connectivity index is 2.08. The Morgan fingerprint density at radius 1 is 1.26 bits per heavy atom. The molecule has 150 valence electrons. The lowest BCUT2D eigenvalue weighted by Gasteiger charge is -2.34. The Hall–Kier alpha value is -1.93. The van der Waals surface area contributed by atoms with Gasteiger partial charge in [0, 0.05) is 24.4 Å². The van der Waals surface area contributed by atoms with E-state index in [0.717, 1.165) is 18.2 Å². The van der Waals surface area contributed by atoms with Gasteiger partial charge < -0.3 is 16.0 Å². The zero-order valence-electron chi connectivity index (χ0n) is 16.2. The third-order valence-corrected chi connectivity index (χ3v) is 7.18. The lowest BCUT2D eigenvalue weighted by Crippen LogP contribution is -2.57. The van der Waals surface area contributed by atoms with Crippen LogP contribution in [0.4, 0.5) is 0 Å². The first-order chi connectivity index (χ1) is 12.7. The van der Waals surface area contributed by atoms with Gasteiger partial charge in [-0.25, -0.2) is 8.42 Å². The second kappa shape index (κ2) is 8.84. The number of amides is 2. The molecular formula is C19H29N3O4S. The first kappa shape index (κ1) is 21.4. The molecule has 0 saturated carbocycles. The standard InChI is InChI=1S/C19H29N3O4S/c1-4-14(2)22-17(23)16-7-5-6-15(12-16)13-21-18(24)19(27(3,25)26)8-10-20-11-9-19/h5-7,12,14,20H,4,8-11,13H2,1-3H3,(H,21,24)(H,22,23). The van der Waals surface area contributed by atoms with Crippen LogP contribution in [-0.2, 0) is 21.2 Å². The van der Waals surface area contributed by atoms with Crippen molar-refractivity contribution in [1.29, 1.82) is 0 Å². The van der Waals surface area contributed by atoms with E-state index in [9.17, 15) is 18.0 Å². The lowest BCUT2D eigenvalue weighted by molar-refractivity contribution is -0.124. The highest BCUT2D eigenvalue weighted by molar-refractivity contribution is 7.92. The van der Waals surface area contributed by atoms with Crippen molar-refractivity contribution in [1.82, 2.24) is 16.0 Å². The molecule has 1 aliphatic rings. The molecule has 0 aromatic heterocycles. The summed E-state index contributed by atoms with van der Waals surface area (Å²) >= 11 is 0. The van der Waals surface area contributed by atoms with Gasteiger partial charge >= 0.3 is 0 Å². The summed E-state index contributed by atoms with van der Waals surface area (Å²) in [5.74, 6) is -0.635. The second-order valence-corrected chi connectivity index (χ2v) is 9.51. The van der Waals surface area contributed by atoms with Crippen molar-refractivity contribution in [3.8, 4) is 0 Å². The minimum Gasteiger partial charge on any atom is -0.351 e. The van der Waals surface area contributed by atoms with Crippen LogP contribution < -0.4 is 16.0 Å². The van der Waals surface area contributed by atoms with Crippen LogP contribution in [0.25, 0.3) is 0 Å².